The number of hydrogen-bond donors (Lipinski definition) is 1. The molecule has 1 heterocycles. The summed E-state index contributed by atoms with van der Waals surface area (Å²) in [5, 5.41) is 25.3. The fourth-order valence-corrected chi connectivity index (χ4v) is 2.27. The van der Waals surface area contributed by atoms with Gasteiger partial charge in [0.1, 0.15) is 5.75 Å². The molecule has 0 aliphatic rings. The van der Waals surface area contributed by atoms with Gasteiger partial charge in [-0.3, -0.25) is 0 Å². The molecule has 0 saturated heterocycles. The molecule has 1 N–H and O–H groups in total. The van der Waals surface area contributed by atoms with Gasteiger partial charge in [0, 0.05) is 12.1 Å². The molecule has 24 heavy (non-hydrogen) atoms. The maximum Gasteiger partial charge on any atom is 0.338 e. The van der Waals surface area contributed by atoms with Gasteiger partial charge in [0.05, 0.1) is 23.0 Å². The quantitative estimate of drug-likeness (QED) is 0.577. The predicted molar refractivity (Wildman–Crippen MR) is 80.5 cm³/mol. The van der Waals surface area contributed by atoms with Gasteiger partial charge in [-0.15, -0.1) is 0 Å². The van der Waals surface area contributed by atoms with Crippen molar-refractivity contribution in [2.75, 3.05) is 6.61 Å². The van der Waals surface area contributed by atoms with Crippen LogP contribution in [0, 0.1) is 0 Å². The van der Waals surface area contributed by atoms with Crippen LogP contribution in [0.2, 0.25) is 0 Å². The van der Waals surface area contributed by atoms with E-state index in [-0.39, 0.29) is 11.4 Å². The Hall–Kier alpha value is -3.35. The van der Waals surface area contributed by atoms with Crippen molar-refractivity contribution in [3.63, 3.8) is 0 Å². The van der Waals surface area contributed by atoms with Gasteiger partial charge in [0.15, 0.2) is 5.95 Å². The third-order valence-corrected chi connectivity index (χ3v) is 3.35. The van der Waals surface area contributed by atoms with E-state index in [1.165, 1.54) is 16.8 Å². The van der Waals surface area contributed by atoms with Crippen LogP contribution in [-0.4, -0.2) is 23.0 Å². The molecule has 122 valence electrons. The van der Waals surface area contributed by atoms with Gasteiger partial charge < -0.3 is 19.5 Å². The van der Waals surface area contributed by atoms with Crippen molar-refractivity contribution in [3.8, 4) is 28.6 Å². The van der Waals surface area contributed by atoms with Crippen LogP contribution < -0.4 is 9.79 Å². The van der Waals surface area contributed by atoms with Crippen molar-refractivity contribution in [1.29, 1.82) is 0 Å². The minimum Gasteiger partial charge on any atom is -0.539 e. The smallest absolute Gasteiger partial charge is 0.338 e. The zero-order valence-corrected chi connectivity index (χ0v) is 12.8. The topological polar surface area (TPSA) is 99.5 Å². The molecule has 0 saturated carbocycles. The molecule has 0 aliphatic carbocycles. The van der Waals surface area contributed by atoms with E-state index >= 15 is 0 Å². The van der Waals surface area contributed by atoms with Crippen LogP contribution in [0.25, 0.3) is 16.9 Å². The molecule has 0 radical (unpaired) electrons. The summed E-state index contributed by atoms with van der Waals surface area (Å²) in [6.45, 7) is 2.02. The highest BCUT2D eigenvalue weighted by Crippen LogP contribution is 2.26. The van der Waals surface area contributed by atoms with E-state index in [4.69, 9.17) is 9.26 Å². The number of rotatable bonds is 4. The number of aromatic nitrogens is 2. The number of carbonyl (C=O) groups excluding carboxylic acids is 1. The number of carbonyl (C=O) groups is 1. The van der Waals surface area contributed by atoms with Crippen LogP contribution in [0.3, 0.4) is 0 Å². The second-order valence-corrected chi connectivity index (χ2v) is 4.94. The number of phenolic OH excluding ortho intramolecular Hbond substituents is 1. The molecule has 0 spiro atoms. The van der Waals surface area contributed by atoms with Gasteiger partial charge in [-0.2, -0.15) is 0 Å². The summed E-state index contributed by atoms with van der Waals surface area (Å²) in [7, 11) is 0. The summed E-state index contributed by atoms with van der Waals surface area (Å²) < 4.78 is 11.0. The van der Waals surface area contributed by atoms with E-state index in [0.29, 0.717) is 23.4 Å². The highest BCUT2D eigenvalue weighted by atomic mass is 16.6. The first-order valence-corrected chi connectivity index (χ1v) is 7.26. The molecule has 1 aromatic heterocycles. The monoisotopic (exact) mass is 326 g/mol. The summed E-state index contributed by atoms with van der Waals surface area (Å²) in [6, 6.07) is 12.6. The Balaban J connectivity index is 2.00. The van der Waals surface area contributed by atoms with Gasteiger partial charge in [-0.25, -0.2) is 4.79 Å². The van der Waals surface area contributed by atoms with E-state index in [1.807, 2.05) is 0 Å². The van der Waals surface area contributed by atoms with Crippen LogP contribution in [0.5, 0.6) is 11.7 Å². The van der Waals surface area contributed by atoms with Crippen LogP contribution in [0.1, 0.15) is 17.3 Å². The number of aromatic hydroxyl groups is 1. The molecule has 0 amide bonds. The average Bonchev–Trinajstić information content (AvgIpc) is 2.97. The van der Waals surface area contributed by atoms with Crippen molar-refractivity contribution in [3.05, 3.63) is 54.1 Å². The fourth-order valence-electron chi connectivity index (χ4n) is 2.27. The van der Waals surface area contributed by atoms with E-state index in [1.54, 1.807) is 43.3 Å². The molecular formula is C17H14N2O5. The number of esters is 1. The zero-order chi connectivity index (χ0) is 17.1. The minimum absolute atomic E-state index is 0.0253. The first-order valence-electron chi connectivity index (χ1n) is 7.26. The van der Waals surface area contributed by atoms with E-state index in [2.05, 4.69) is 5.27 Å². The number of ether oxygens (including phenoxy) is 1. The van der Waals surface area contributed by atoms with Crippen molar-refractivity contribution < 1.29 is 28.9 Å². The largest absolute Gasteiger partial charge is 0.539 e. The van der Waals surface area contributed by atoms with Gasteiger partial charge in [0.2, 0.25) is 5.69 Å². The van der Waals surface area contributed by atoms with E-state index < -0.39 is 11.9 Å². The Morgan fingerprint density at radius 3 is 2.71 bits per heavy atom. The lowest BCUT2D eigenvalue weighted by Gasteiger charge is -2.02. The number of benzene rings is 2. The third kappa shape index (κ3) is 2.91. The molecule has 7 heteroatoms. The zero-order valence-electron chi connectivity index (χ0n) is 12.8. The van der Waals surface area contributed by atoms with Gasteiger partial charge in [0.25, 0.3) is 5.69 Å². The Kier molecular flexibility index (Phi) is 4.15. The molecule has 0 unspecified atom stereocenters. The lowest BCUT2D eigenvalue weighted by atomic mass is 10.1. The maximum absolute atomic E-state index is 12.0. The lowest BCUT2D eigenvalue weighted by molar-refractivity contribution is -0.660. The molecule has 0 aliphatic heterocycles. The second-order valence-electron chi connectivity index (χ2n) is 4.94. The molecule has 0 fully saturated rings. The highest BCUT2D eigenvalue weighted by molar-refractivity contribution is 5.89. The first kappa shape index (κ1) is 15.5. The Bertz CT molecular complexity index is 871. The summed E-state index contributed by atoms with van der Waals surface area (Å²) >= 11 is 0. The standard InChI is InChI=1S/C17H14N2O5/c1-2-23-16(21)11-6-8-13(9-7-11)19-15(17(22)24-18-19)12-4-3-5-14(20)10-12/h3-10H,2H2,1H3,(H-,18,20,22). The van der Waals surface area contributed by atoms with Crippen molar-refractivity contribution in [2.45, 2.75) is 6.92 Å². The third-order valence-electron chi connectivity index (χ3n) is 3.35. The van der Waals surface area contributed by atoms with Crippen LogP contribution in [-0.2, 0) is 4.74 Å². The maximum atomic E-state index is 12.0. The Morgan fingerprint density at radius 1 is 1.29 bits per heavy atom. The number of phenols is 1. The summed E-state index contributed by atoms with van der Waals surface area (Å²) in [5.41, 5.74) is 1.57. The van der Waals surface area contributed by atoms with Crippen molar-refractivity contribution >= 4 is 5.97 Å². The number of hydrogen-bond acceptors (Lipinski definition) is 6. The van der Waals surface area contributed by atoms with Crippen LogP contribution >= 0.6 is 0 Å². The predicted octanol–water partition coefficient (Wildman–Crippen LogP) is 1.57. The molecule has 7 nitrogen and oxygen atoms in total. The normalized spacial score (nSPS) is 10.5. The molecule has 0 atom stereocenters. The second kappa shape index (κ2) is 6.41. The van der Waals surface area contributed by atoms with Crippen LogP contribution in [0.4, 0.5) is 0 Å². The summed E-state index contributed by atoms with van der Waals surface area (Å²) in [5.74, 6) is -1.03. The number of nitrogens with zero attached hydrogens (tertiary/aromatic N) is 2. The van der Waals surface area contributed by atoms with Gasteiger partial charge >= 0.3 is 5.97 Å². The molecule has 3 rings (SSSR count). The molecule has 2 aromatic carbocycles. The van der Waals surface area contributed by atoms with Crippen molar-refractivity contribution in [1.82, 2.24) is 5.27 Å². The SMILES string of the molecule is CCOC(=O)c1ccc(-[n+]2noc([O-])c2-c2cccc(O)c2)cc1. The van der Waals surface area contributed by atoms with Gasteiger partial charge in [-0.05, 0) is 41.9 Å². The Morgan fingerprint density at radius 2 is 2.04 bits per heavy atom. The average molecular weight is 326 g/mol. The van der Waals surface area contributed by atoms with E-state index in [0.717, 1.165) is 0 Å². The Labute approximate surface area is 137 Å². The molecule has 0 bridgehead atoms. The first-order chi connectivity index (χ1) is 11.6. The summed E-state index contributed by atoms with van der Waals surface area (Å²) in [6.07, 6.45) is 0. The minimum atomic E-state index is -0.630. The van der Waals surface area contributed by atoms with Crippen molar-refractivity contribution in [2.24, 2.45) is 0 Å². The highest BCUT2D eigenvalue weighted by Gasteiger charge is 2.23. The summed E-state index contributed by atoms with van der Waals surface area (Å²) in [4.78, 5) is 11.7. The fraction of sp³-hybridized carbons (Fsp3) is 0.118. The molecule has 3 aromatic rings. The van der Waals surface area contributed by atoms with Crippen LogP contribution in [0.15, 0.2) is 53.1 Å². The molecular weight excluding hydrogens is 312 g/mol. The van der Waals surface area contributed by atoms with E-state index in [9.17, 15) is 15.0 Å². The lowest BCUT2D eigenvalue weighted by Crippen LogP contribution is -2.34. The van der Waals surface area contributed by atoms with Gasteiger partial charge in [-0.1, -0.05) is 6.07 Å².